The second kappa shape index (κ2) is 8.17. The van der Waals surface area contributed by atoms with E-state index < -0.39 is 10.0 Å². The number of anilines is 1. The summed E-state index contributed by atoms with van der Waals surface area (Å²) in [7, 11) is -3.97. The molecule has 2 aromatic rings. The van der Waals surface area contributed by atoms with E-state index in [9.17, 15) is 13.2 Å². The lowest BCUT2D eigenvalue weighted by atomic mass is 9.95. The van der Waals surface area contributed by atoms with Gasteiger partial charge in [-0.2, -0.15) is 0 Å². The predicted octanol–water partition coefficient (Wildman–Crippen LogP) is 4.49. The molecule has 29 heavy (non-hydrogen) atoms. The van der Waals surface area contributed by atoms with Crippen LogP contribution in [-0.4, -0.2) is 26.9 Å². The van der Waals surface area contributed by atoms with E-state index in [4.69, 9.17) is 23.2 Å². The van der Waals surface area contributed by atoms with Gasteiger partial charge in [0.05, 0.1) is 10.6 Å². The number of nitrogens with zero attached hydrogens (tertiary/aromatic N) is 1. The van der Waals surface area contributed by atoms with Gasteiger partial charge in [-0.15, -0.1) is 0 Å². The molecule has 0 saturated heterocycles. The van der Waals surface area contributed by atoms with Gasteiger partial charge in [-0.3, -0.25) is 9.10 Å². The van der Waals surface area contributed by atoms with Gasteiger partial charge in [0.25, 0.3) is 10.0 Å². The number of carbonyl (C=O) groups excluding carboxylic acids is 1. The van der Waals surface area contributed by atoms with Crippen molar-refractivity contribution in [1.29, 1.82) is 0 Å². The van der Waals surface area contributed by atoms with E-state index in [0.29, 0.717) is 21.9 Å². The highest BCUT2D eigenvalue weighted by Crippen LogP contribution is 2.44. The molecule has 2 saturated carbocycles. The summed E-state index contributed by atoms with van der Waals surface area (Å²) in [6.45, 7) is -0.332. The lowest BCUT2D eigenvalue weighted by Gasteiger charge is -2.27. The van der Waals surface area contributed by atoms with Crippen LogP contribution in [0.15, 0.2) is 53.4 Å². The summed E-state index contributed by atoms with van der Waals surface area (Å²) in [5, 5.41) is 3.65. The van der Waals surface area contributed by atoms with Crippen LogP contribution in [0.5, 0.6) is 0 Å². The SMILES string of the molecule is O=C(CN(c1cc(Cl)cc(Cl)c1)S(=O)(=O)c1ccccc1)N[C@@H]1C[C@H]2CC[C@@H]1C2. The summed E-state index contributed by atoms with van der Waals surface area (Å²) in [5.74, 6) is 0.864. The molecule has 3 atom stereocenters. The number of halogens is 2. The van der Waals surface area contributed by atoms with Crippen LogP contribution in [0.1, 0.15) is 25.7 Å². The van der Waals surface area contributed by atoms with Gasteiger partial charge in [0.1, 0.15) is 6.54 Å². The Morgan fingerprint density at radius 2 is 1.72 bits per heavy atom. The molecule has 154 valence electrons. The van der Waals surface area contributed by atoms with Crippen LogP contribution in [0.3, 0.4) is 0 Å². The number of amides is 1. The van der Waals surface area contributed by atoms with E-state index in [0.717, 1.165) is 23.6 Å². The minimum absolute atomic E-state index is 0.101. The summed E-state index contributed by atoms with van der Waals surface area (Å²) in [5.41, 5.74) is 0.259. The van der Waals surface area contributed by atoms with E-state index >= 15 is 0 Å². The zero-order chi connectivity index (χ0) is 20.6. The minimum Gasteiger partial charge on any atom is -0.352 e. The second-order valence-electron chi connectivity index (χ2n) is 7.80. The van der Waals surface area contributed by atoms with E-state index in [-0.39, 0.29) is 29.1 Å². The van der Waals surface area contributed by atoms with Crippen molar-refractivity contribution in [3.8, 4) is 0 Å². The molecule has 2 aliphatic rings. The van der Waals surface area contributed by atoms with Crippen LogP contribution in [-0.2, 0) is 14.8 Å². The normalized spacial score (nSPS) is 23.2. The maximum atomic E-state index is 13.3. The monoisotopic (exact) mass is 452 g/mol. The first-order chi connectivity index (χ1) is 13.8. The average Bonchev–Trinajstić information content (AvgIpc) is 3.29. The molecule has 1 amide bonds. The van der Waals surface area contributed by atoms with Gasteiger partial charge >= 0.3 is 0 Å². The fourth-order valence-electron chi connectivity index (χ4n) is 4.52. The molecule has 8 heteroatoms. The number of hydrogen-bond acceptors (Lipinski definition) is 3. The van der Waals surface area contributed by atoms with Gasteiger partial charge in [-0.1, -0.05) is 47.8 Å². The van der Waals surface area contributed by atoms with Gasteiger partial charge in [-0.05, 0) is 61.4 Å². The van der Waals surface area contributed by atoms with Gasteiger partial charge in [0.2, 0.25) is 5.91 Å². The summed E-state index contributed by atoms with van der Waals surface area (Å²) < 4.78 is 27.7. The molecule has 0 unspecified atom stereocenters. The topological polar surface area (TPSA) is 66.5 Å². The Kier molecular flexibility index (Phi) is 5.78. The Morgan fingerprint density at radius 3 is 2.31 bits per heavy atom. The fourth-order valence-corrected chi connectivity index (χ4v) is 6.46. The van der Waals surface area contributed by atoms with E-state index in [1.165, 1.54) is 36.8 Å². The van der Waals surface area contributed by atoms with Crippen molar-refractivity contribution in [3.63, 3.8) is 0 Å². The standard InChI is InChI=1S/C21H22Cl2N2O3S/c22-16-10-17(23)12-18(11-16)25(29(27,28)19-4-2-1-3-5-19)13-21(26)24-20-9-14-6-7-15(20)8-14/h1-5,10-12,14-15,20H,6-9,13H2,(H,24,26)/t14-,15+,20+/m0/s1. The second-order valence-corrected chi connectivity index (χ2v) is 10.5. The van der Waals surface area contributed by atoms with E-state index in [2.05, 4.69) is 5.32 Å². The Hall–Kier alpha value is -1.76. The molecule has 4 rings (SSSR count). The summed E-state index contributed by atoms with van der Waals surface area (Å²) in [6.07, 6.45) is 4.49. The third-order valence-corrected chi connectivity index (χ3v) is 8.06. The number of nitrogens with one attached hydrogen (secondary N) is 1. The summed E-state index contributed by atoms with van der Waals surface area (Å²) in [6, 6.07) is 12.7. The van der Waals surface area contributed by atoms with Gasteiger partial charge in [-0.25, -0.2) is 8.42 Å². The highest BCUT2D eigenvalue weighted by atomic mass is 35.5. The molecule has 1 N–H and O–H groups in total. The first-order valence-corrected chi connectivity index (χ1v) is 11.9. The maximum absolute atomic E-state index is 13.3. The third-order valence-electron chi connectivity index (χ3n) is 5.84. The van der Waals surface area contributed by atoms with Crippen LogP contribution in [0.25, 0.3) is 0 Å². The molecule has 0 radical (unpaired) electrons. The van der Waals surface area contributed by atoms with Crippen molar-refractivity contribution >= 4 is 44.8 Å². The van der Waals surface area contributed by atoms with Crippen molar-refractivity contribution in [2.24, 2.45) is 11.8 Å². The van der Waals surface area contributed by atoms with Crippen molar-refractivity contribution in [1.82, 2.24) is 5.32 Å². The zero-order valence-corrected chi connectivity index (χ0v) is 18.1. The Balaban J connectivity index is 1.62. The number of hydrogen-bond donors (Lipinski definition) is 1. The molecular weight excluding hydrogens is 431 g/mol. The largest absolute Gasteiger partial charge is 0.352 e. The molecule has 2 aliphatic carbocycles. The lowest BCUT2D eigenvalue weighted by Crippen LogP contribution is -2.46. The molecular formula is C21H22Cl2N2O3S. The fraction of sp³-hybridized carbons (Fsp3) is 0.381. The van der Waals surface area contributed by atoms with Crippen LogP contribution in [0, 0.1) is 11.8 Å². The van der Waals surface area contributed by atoms with Gasteiger partial charge in [0, 0.05) is 16.1 Å². The molecule has 0 heterocycles. The van der Waals surface area contributed by atoms with Crippen molar-refractivity contribution in [3.05, 3.63) is 58.6 Å². The molecule has 2 fully saturated rings. The molecule has 5 nitrogen and oxygen atoms in total. The van der Waals surface area contributed by atoms with E-state index in [1.807, 2.05) is 0 Å². The third kappa shape index (κ3) is 4.39. The highest BCUT2D eigenvalue weighted by Gasteiger charge is 2.40. The lowest BCUT2D eigenvalue weighted by molar-refractivity contribution is -0.120. The number of carbonyl (C=O) groups is 1. The smallest absolute Gasteiger partial charge is 0.264 e. The summed E-state index contributed by atoms with van der Waals surface area (Å²) >= 11 is 12.2. The van der Waals surface area contributed by atoms with Gasteiger partial charge in [0.15, 0.2) is 0 Å². The van der Waals surface area contributed by atoms with E-state index in [1.54, 1.807) is 18.2 Å². The molecule has 2 bridgehead atoms. The molecule has 0 spiro atoms. The van der Waals surface area contributed by atoms with Crippen LogP contribution in [0.4, 0.5) is 5.69 Å². The molecule has 0 aromatic heterocycles. The van der Waals surface area contributed by atoms with Crippen molar-refractivity contribution in [2.75, 3.05) is 10.8 Å². The number of rotatable bonds is 6. The minimum atomic E-state index is -3.97. The van der Waals surface area contributed by atoms with Crippen LogP contribution >= 0.6 is 23.2 Å². The van der Waals surface area contributed by atoms with Crippen LogP contribution < -0.4 is 9.62 Å². The molecule has 0 aliphatic heterocycles. The molecule has 2 aromatic carbocycles. The maximum Gasteiger partial charge on any atom is 0.264 e. The highest BCUT2D eigenvalue weighted by molar-refractivity contribution is 7.92. The van der Waals surface area contributed by atoms with Crippen molar-refractivity contribution < 1.29 is 13.2 Å². The predicted molar refractivity (Wildman–Crippen MR) is 115 cm³/mol. The van der Waals surface area contributed by atoms with Crippen molar-refractivity contribution in [2.45, 2.75) is 36.6 Å². The number of sulfonamides is 1. The van der Waals surface area contributed by atoms with Gasteiger partial charge < -0.3 is 5.32 Å². The Bertz CT molecular complexity index is 994. The Morgan fingerprint density at radius 1 is 1.03 bits per heavy atom. The summed E-state index contributed by atoms with van der Waals surface area (Å²) in [4.78, 5) is 12.9. The quantitative estimate of drug-likeness (QED) is 0.701. The first-order valence-electron chi connectivity index (χ1n) is 9.66. The van der Waals surface area contributed by atoms with Crippen LogP contribution in [0.2, 0.25) is 10.0 Å². The average molecular weight is 453 g/mol. The zero-order valence-electron chi connectivity index (χ0n) is 15.7. The number of fused-ring (bicyclic) bond motifs is 2. The Labute approximate surface area is 181 Å². The number of benzene rings is 2. The first kappa shape index (κ1) is 20.5.